The van der Waals surface area contributed by atoms with Crippen LogP contribution in [0, 0.1) is 0 Å². The first-order chi connectivity index (χ1) is 10.0. The van der Waals surface area contributed by atoms with Crippen molar-refractivity contribution < 1.29 is 18.4 Å². The minimum absolute atomic E-state index is 0.0190. The Hall–Kier alpha value is -2.75. The number of anilines is 1. The van der Waals surface area contributed by atoms with Gasteiger partial charge in [0.1, 0.15) is 17.3 Å². The maximum absolute atomic E-state index is 12.0. The number of amidine groups is 1. The molecular weight excluding hydrogens is 298 g/mol. The van der Waals surface area contributed by atoms with E-state index in [1.165, 1.54) is 18.5 Å². The number of aromatic nitrogens is 2. The molecule has 21 heavy (non-hydrogen) atoms. The summed E-state index contributed by atoms with van der Waals surface area (Å²) in [5.41, 5.74) is 5.59. The Kier molecular flexibility index (Phi) is 4.28. The fourth-order valence-corrected chi connectivity index (χ4v) is 2.39. The zero-order chi connectivity index (χ0) is 15.3. The van der Waals surface area contributed by atoms with E-state index < -0.39 is 10.0 Å². The van der Waals surface area contributed by atoms with Crippen LogP contribution in [0.1, 0.15) is 0 Å². The highest BCUT2D eigenvalue weighted by Crippen LogP contribution is 2.20. The molecule has 1 aromatic heterocycles. The predicted molar refractivity (Wildman–Crippen MR) is 74.7 cm³/mol. The van der Waals surface area contributed by atoms with E-state index in [1.807, 2.05) is 0 Å². The third kappa shape index (κ3) is 3.86. The van der Waals surface area contributed by atoms with Crippen molar-refractivity contribution in [1.82, 2.24) is 10.2 Å². The first kappa shape index (κ1) is 14.7. The third-order valence-electron chi connectivity index (χ3n) is 2.38. The average Bonchev–Trinajstić information content (AvgIpc) is 2.99. The number of hydrogen-bond acceptors (Lipinski definition) is 6. The molecule has 0 atom stereocenters. The Morgan fingerprint density at radius 1 is 1.52 bits per heavy atom. The molecule has 112 valence electrons. The van der Waals surface area contributed by atoms with Gasteiger partial charge in [0.2, 0.25) is 0 Å². The lowest BCUT2D eigenvalue weighted by atomic mass is 10.3. The summed E-state index contributed by atoms with van der Waals surface area (Å²) in [5.74, 6) is 0.272. The van der Waals surface area contributed by atoms with Crippen LogP contribution in [0.2, 0.25) is 0 Å². The molecule has 0 saturated carbocycles. The summed E-state index contributed by atoms with van der Waals surface area (Å²) < 4.78 is 31.6. The van der Waals surface area contributed by atoms with E-state index in [-0.39, 0.29) is 17.3 Å². The second-order valence-electron chi connectivity index (χ2n) is 3.95. The van der Waals surface area contributed by atoms with E-state index in [0.29, 0.717) is 11.4 Å². The van der Waals surface area contributed by atoms with Gasteiger partial charge in [-0.15, -0.1) is 0 Å². The zero-order valence-electron chi connectivity index (χ0n) is 10.7. The molecule has 0 fully saturated rings. The molecule has 10 heteroatoms. The summed E-state index contributed by atoms with van der Waals surface area (Å²) in [6.45, 7) is -0.117. The lowest BCUT2D eigenvalue weighted by Crippen LogP contribution is -2.20. The predicted octanol–water partition coefficient (Wildman–Crippen LogP) is 0.336. The van der Waals surface area contributed by atoms with Crippen LogP contribution in [0.3, 0.4) is 0 Å². The zero-order valence-corrected chi connectivity index (χ0v) is 11.5. The van der Waals surface area contributed by atoms with Gasteiger partial charge in [-0.05, 0) is 12.1 Å². The van der Waals surface area contributed by atoms with Crippen LogP contribution in [0.5, 0.6) is 5.75 Å². The van der Waals surface area contributed by atoms with Crippen LogP contribution in [0.4, 0.5) is 5.69 Å². The van der Waals surface area contributed by atoms with Crippen LogP contribution in [0.25, 0.3) is 0 Å². The Morgan fingerprint density at radius 3 is 3.00 bits per heavy atom. The molecule has 2 aromatic rings. The van der Waals surface area contributed by atoms with Gasteiger partial charge >= 0.3 is 0 Å². The first-order valence-corrected chi connectivity index (χ1v) is 7.20. The molecule has 0 aliphatic heterocycles. The van der Waals surface area contributed by atoms with Crippen molar-refractivity contribution in [3.63, 3.8) is 0 Å². The molecule has 9 nitrogen and oxygen atoms in total. The Balaban J connectivity index is 2.11. The Morgan fingerprint density at radius 2 is 2.33 bits per heavy atom. The van der Waals surface area contributed by atoms with Gasteiger partial charge in [-0.2, -0.15) is 5.10 Å². The van der Waals surface area contributed by atoms with Gasteiger partial charge in [-0.1, -0.05) is 11.2 Å². The highest BCUT2D eigenvalue weighted by atomic mass is 32.2. The molecule has 0 aliphatic rings. The second-order valence-corrected chi connectivity index (χ2v) is 5.63. The number of sulfonamides is 1. The number of H-pyrrole nitrogens is 1. The van der Waals surface area contributed by atoms with Crippen molar-refractivity contribution >= 4 is 21.5 Å². The number of rotatable bonds is 6. The van der Waals surface area contributed by atoms with Crippen LogP contribution in [0.15, 0.2) is 46.7 Å². The van der Waals surface area contributed by atoms with E-state index in [4.69, 9.17) is 15.7 Å². The molecule has 0 saturated heterocycles. The lowest BCUT2D eigenvalue weighted by Gasteiger charge is -2.09. The second kappa shape index (κ2) is 6.13. The molecule has 5 N–H and O–H groups in total. The molecule has 0 radical (unpaired) electrons. The molecule has 0 bridgehead atoms. The van der Waals surface area contributed by atoms with Crippen LogP contribution in [-0.2, 0) is 10.0 Å². The number of nitrogens with zero attached hydrogens (tertiary/aromatic N) is 2. The first-order valence-electron chi connectivity index (χ1n) is 5.72. The maximum atomic E-state index is 12.0. The van der Waals surface area contributed by atoms with Gasteiger partial charge < -0.3 is 15.7 Å². The number of nitrogens with one attached hydrogen (secondary N) is 2. The topological polar surface area (TPSA) is 143 Å². The van der Waals surface area contributed by atoms with Crippen molar-refractivity contribution in [2.24, 2.45) is 10.9 Å². The molecule has 0 spiro atoms. The molecule has 0 aliphatic carbocycles. The smallest absolute Gasteiger partial charge is 0.265 e. The quantitative estimate of drug-likeness (QED) is 0.262. The number of benzene rings is 1. The summed E-state index contributed by atoms with van der Waals surface area (Å²) in [5, 5.41) is 17.2. The van der Waals surface area contributed by atoms with Crippen LogP contribution < -0.4 is 15.2 Å². The van der Waals surface area contributed by atoms with Crippen molar-refractivity contribution in [2.45, 2.75) is 4.90 Å². The molecule has 2 rings (SSSR count). The summed E-state index contributed by atoms with van der Waals surface area (Å²) in [4.78, 5) is 0.0190. The normalized spacial score (nSPS) is 12.1. The number of nitrogens with two attached hydrogens (primary N) is 1. The monoisotopic (exact) mass is 311 g/mol. The van der Waals surface area contributed by atoms with Gasteiger partial charge in [-0.25, -0.2) is 8.42 Å². The summed E-state index contributed by atoms with van der Waals surface area (Å²) >= 11 is 0. The fourth-order valence-electron chi connectivity index (χ4n) is 1.44. The number of aromatic amines is 1. The standard InChI is InChI=1S/C11H13N5O4S/c12-11(15-17)7-20-9-3-1-2-8(4-9)16-21(18,19)10-5-13-14-6-10/h1-6,16-17H,7H2,(H2,12,15)(H,13,14). The average molecular weight is 311 g/mol. The summed E-state index contributed by atoms with van der Waals surface area (Å²) in [6.07, 6.45) is 2.46. The Labute approximate surface area is 120 Å². The number of ether oxygens (including phenoxy) is 1. The molecule has 1 heterocycles. The summed E-state index contributed by atoms with van der Waals surface area (Å²) in [7, 11) is -3.71. The minimum Gasteiger partial charge on any atom is -0.485 e. The van der Waals surface area contributed by atoms with E-state index in [2.05, 4.69) is 20.1 Å². The van der Waals surface area contributed by atoms with Crippen molar-refractivity contribution in [3.05, 3.63) is 36.7 Å². The number of oxime groups is 1. The van der Waals surface area contributed by atoms with Gasteiger partial charge in [-0.3, -0.25) is 9.82 Å². The van der Waals surface area contributed by atoms with E-state index in [9.17, 15) is 8.42 Å². The highest BCUT2D eigenvalue weighted by molar-refractivity contribution is 7.92. The molecule has 1 aromatic carbocycles. The molecular formula is C11H13N5O4S. The molecule has 0 unspecified atom stereocenters. The SMILES string of the molecule is N/C(COc1cccc(NS(=O)(=O)c2cn[nH]c2)c1)=N\O. The van der Waals surface area contributed by atoms with E-state index in [1.54, 1.807) is 18.2 Å². The van der Waals surface area contributed by atoms with Gasteiger partial charge in [0.25, 0.3) is 10.0 Å². The van der Waals surface area contributed by atoms with Gasteiger partial charge in [0.15, 0.2) is 5.84 Å². The van der Waals surface area contributed by atoms with Crippen molar-refractivity contribution in [1.29, 1.82) is 0 Å². The van der Waals surface area contributed by atoms with Gasteiger partial charge in [0.05, 0.1) is 11.9 Å². The fraction of sp³-hybridized carbons (Fsp3) is 0.0909. The van der Waals surface area contributed by atoms with Crippen molar-refractivity contribution in [2.75, 3.05) is 11.3 Å². The van der Waals surface area contributed by atoms with Crippen molar-refractivity contribution in [3.8, 4) is 5.75 Å². The van der Waals surface area contributed by atoms with E-state index >= 15 is 0 Å². The third-order valence-corrected chi connectivity index (χ3v) is 3.73. The van der Waals surface area contributed by atoms with E-state index in [0.717, 1.165) is 0 Å². The largest absolute Gasteiger partial charge is 0.485 e. The maximum Gasteiger partial charge on any atom is 0.265 e. The molecule has 0 amide bonds. The highest BCUT2D eigenvalue weighted by Gasteiger charge is 2.15. The van der Waals surface area contributed by atoms with Gasteiger partial charge in [0, 0.05) is 12.3 Å². The Bertz CT molecular complexity index is 727. The van der Waals surface area contributed by atoms with Crippen LogP contribution >= 0.6 is 0 Å². The minimum atomic E-state index is -3.71. The lowest BCUT2D eigenvalue weighted by molar-refractivity contribution is 0.306. The number of hydrogen-bond donors (Lipinski definition) is 4. The van der Waals surface area contributed by atoms with Crippen LogP contribution in [-0.4, -0.2) is 36.3 Å². The summed E-state index contributed by atoms with van der Waals surface area (Å²) in [6, 6.07) is 6.26.